The molecule has 8 heteroatoms. The SMILES string of the molecule is O=C(NCC1CCCO1)c1cc(C2CC2)n(C2CCS(=O)(=O)C2)n1. The first-order valence-corrected chi connectivity index (χ1v) is 10.5. The molecule has 24 heavy (non-hydrogen) atoms. The van der Waals surface area contributed by atoms with Crippen LogP contribution < -0.4 is 5.32 Å². The minimum atomic E-state index is -2.98. The topological polar surface area (TPSA) is 90.3 Å². The summed E-state index contributed by atoms with van der Waals surface area (Å²) in [6.45, 7) is 1.26. The number of nitrogens with one attached hydrogen (secondary N) is 1. The minimum Gasteiger partial charge on any atom is -0.376 e. The highest BCUT2D eigenvalue weighted by Gasteiger charge is 2.36. The molecule has 7 nitrogen and oxygen atoms in total. The van der Waals surface area contributed by atoms with Crippen molar-refractivity contribution < 1.29 is 17.9 Å². The van der Waals surface area contributed by atoms with Crippen LogP contribution in [0.3, 0.4) is 0 Å². The second kappa shape index (κ2) is 6.15. The van der Waals surface area contributed by atoms with Crippen LogP contribution in [0.25, 0.3) is 0 Å². The van der Waals surface area contributed by atoms with Gasteiger partial charge in [-0.05, 0) is 38.2 Å². The van der Waals surface area contributed by atoms with Crippen molar-refractivity contribution in [1.29, 1.82) is 0 Å². The molecule has 0 spiro atoms. The number of carbonyl (C=O) groups excluding carboxylic acids is 1. The molecule has 1 aromatic rings. The number of hydrogen-bond acceptors (Lipinski definition) is 5. The number of ether oxygens (including phenoxy) is 1. The van der Waals surface area contributed by atoms with Crippen molar-refractivity contribution in [2.45, 2.75) is 50.2 Å². The van der Waals surface area contributed by atoms with E-state index in [2.05, 4.69) is 10.4 Å². The van der Waals surface area contributed by atoms with E-state index >= 15 is 0 Å². The van der Waals surface area contributed by atoms with Gasteiger partial charge in [-0.15, -0.1) is 0 Å². The maximum Gasteiger partial charge on any atom is 0.271 e. The van der Waals surface area contributed by atoms with Crippen molar-refractivity contribution in [2.24, 2.45) is 0 Å². The van der Waals surface area contributed by atoms with Crippen molar-refractivity contribution in [2.75, 3.05) is 24.7 Å². The maximum atomic E-state index is 12.4. The van der Waals surface area contributed by atoms with Gasteiger partial charge in [-0.1, -0.05) is 0 Å². The molecule has 1 saturated carbocycles. The van der Waals surface area contributed by atoms with Crippen molar-refractivity contribution in [3.63, 3.8) is 0 Å². The smallest absolute Gasteiger partial charge is 0.271 e. The summed E-state index contributed by atoms with van der Waals surface area (Å²) < 4.78 is 30.9. The maximum absolute atomic E-state index is 12.4. The molecule has 2 atom stereocenters. The van der Waals surface area contributed by atoms with Gasteiger partial charge >= 0.3 is 0 Å². The van der Waals surface area contributed by atoms with E-state index in [1.165, 1.54) is 0 Å². The van der Waals surface area contributed by atoms with Gasteiger partial charge in [0.2, 0.25) is 0 Å². The van der Waals surface area contributed by atoms with Crippen LogP contribution in [0.2, 0.25) is 0 Å². The molecule has 0 bridgehead atoms. The summed E-state index contributed by atoms with van der Waals surface area (Å²) in [5.74, 6) is 0.556. The highest BCUT2D eigenvalue weighted by atomic mass is 32.2. The number of aromatic nitrogens is 2. The Morgan fingerprint density at radius 2 is 2.17 bits per heavy atom. The van der Waals surface area contributed by atoms with Crippen LogP contribution in [0, 0.1) is 0 Å². The Labute approximate surface area is 141 Å². The Morgan fingerprint density at radius 3 is 2.79 bits per heavy atom. The van der Waals surface area contributed by atoms with Crippen LogP contribution in [0.5, 0.6) is 0 Å². The Hall–Kier alpha value is -1.41. The molecule has 1 aromatic heterocycles. The molecule has 1 N–H and O–H groups in total. The molecule has 132 valence electrons. The van der Waals surface area contributed by atoms with E-state index in [9.17, 15) is 13.2 Å². The predicted octanol–water partition coefficient (Wildman–Crippen LogP) is 1.03. The van der Waals surface area contributed by atoms with Gasteiger partial charge in [0.1, 0.15) is 5.69 Å². The third-order valence-corrected chi connectivity index (χ3v) is 6.81. The summed E-state index contributed by atoms with van der Waals surface area (Å²) in [4.78, 5) is 12.4. The summed E-state index contributed by atoms with van der Waals surface area (Å²) in [6.07, 6.45) is 4.86. The highest BCUT2D eigenvalue weighted by Crippen LogP contribution is 2.42. The quantitative estimate of drug-likeness (QED) is 0.854. The lowest BCUT2D eigenvalue weighted by molar-refractivity contribution is 0.0853. The Balaban J connectivity index is 1.49. The van der Waals surface area contributed by atoms with Crippen LogP contribution in [0.4, 0.5) is 0 Å². The molecule has 4 rings (SSSR count). The van der Waals surface area contributed by atoms with Gasteiger partial charge in [-0.25, -0.2) is 8.42 Å². The lowest BCUT2D eigenvalue weighted by atomic mass is 10.2. The normalized spacial score (nSPS) is 29.0. The lowest BCUT2D eigenvalue weighted by Gasteiger charge is -2.12. The van der Waals surface area contributed by atoms with E-state index < -0.39 is 9.84 Å². The third kappa shape index (κ3) is 3.35. The largest absolute Gasteiger partial charge is 0.376 e. The van der Waals surface area contributed by atoms with Gasteiger partial charge in [-0.3, -0.25) is 9.48 Å². The van der Waals surface area contributed by atoms with Crippen molar-refractivity contribution in [3.05, 3.63) is 17.5 Å². The number of sulfone groups is 1. The van der Waals surface area contributed by atoms with Gasteiger partial charge in [-0.2, -0.15) is 5.10 Å². The van der Waals surface area contributed by atoms with Crippen LogP contribution in [0.1, 0.15) is 60.2 Å². The zero-order valence-corrected chi connectivity index (χ0v) is 14.4. The second-order valence-electron chi connectivity index (χ2n) is 7.08. The molecule has 0 radical (unpaired) electrons. The third-order valence-electron chi connectivity index (χ3n) is 5.06. The Morgan fingerprint density at radius 1 is 1.33 bits per heavy atom. The molecule has 2 unspecified atom stereocenters. The molecular weight excluding hydrogens is 330 g/mol. The fourth-order valence-corrected chi connectivity index (χ4v) is 5.26. The number of carbonyl (C=O) groups is 1. The minimum absolute atomic E-state index is 0.0962. The zero-order valence-electron chi connectivity index (χ0n) is 13.6. The summed E-state index contributed by atoms with van der Waals surface area (Å²) in [5.41, 5.74) is 1.40. The van der Waals surface area contributed by atoms with Gasteiger partial charge in [0.05, 0.1) is 23.7 Å². The average Bonchev–Trinajstić information content (AvgIpc) is 2.98. The number of amides is 1. The molecule has 3 fully saturated rings. The van der Waals surface area contributed by atoms with Gasteiger partial charge < -0.3 is 10.1 Å². The van der Waals surface area contributed by atoms with E-state index in [1.54, 1.807) is 0 Å². The molecule has 3 heterocycles. The number of nitrogens with zero attached hydrogens (tertiary/aromatic N) is 2. The van der Waals surface area contributed by atoms with Crippen molar-refractivity contribution in [3.8, 4) is 0 Å². The van der Waals surface area contributed by atoms with Crippen LogP contribution in [0.15, 0.2) is 6.07 Å². The number of rotatable bonds is 5. The van der Waals surface area contributed by atoms with Crippen LogP contribution >= 0.6 is 0 Å². The molecule has 2 aliphatic heterocycles. The summed E-state index contributed by atoms with van der Waals surface area (Å²) in [7, 11) is -2.98. The predicted molar refractivity (Wildman–Crippen MR) is 87.8 cm³/mol. The lowest BCUT2D eigenvalue weighted by Crippen LogP contribution is -2.32. The van der Waals surface area contributed by atoms with Gasteiger partial charge in [0.25, 0.3) is 5.91 Å². The fraction of sp³-hybridized carbons (Fsp3) is 0.750. The molecule has 1 aliphatic carbocycles. The first-order chi connectivity index (χ1) is 11.5. The summed E-state index contributed by atoms with van der Waals surface area (Å²) in [5, 5.41) is 7.35. The fourth-order valence-electron chi connectivity index (χ4n) is 3.57. The molecular formula is C16H23N3O4S. The van der Waals surface area contributed by atoms with Crippen molar-refractivity contribution in [1.82, 2.24) is 15.1 Å². The first kappa shape index (κ1) is 16.1. The molecule has 0 aromatic carbocycles. The summed E-state index contributed by atoms with van der Waals surface area (Å²) in [6, 6.07) is 1.71. The molecule has 3 aliphatic rings. The van der Waals surface area contributed by atoms with Crippen molar-refractivity contribution >= 4 is 15.7 Å². The zero-order chi connectivity index (χ0) is 16.7. The van der Waals surface area contributed by atoms with E-state index in [0.29, 0.717) is 24.6 Å². The van der Waals surface area contributed by atoms with Crippen LogP contribution in [-0.4, -0.2) is 54.9 Å². The van der Waals surface area contributed by atoms with Crippen LogP contribution in [-0.2, 0) is 14.6 Å². The van der Waals surface area contributed by atoms with Gasteiger partial charge in [0.15, 0.2) is 9.84 Å². The van der Waals surface area contributed by atoms with E-state index in [-0.39, 0.29) is 29.6 Å². The molecule has 2 saturated heterocycles. The van der Waals surface area contributed by atoms with E-state index in [0.717, 1.165) is 38.0 Å². The monoisotopic (exact) mass is 353 g/mol. The Bertz CT molecular complexity index is 733. The first-order valence-electron chi connectivity index (χ1n) is 8.71. The van der Waals surface area contributed by atoms with Gasteiger partial charge in [0, 0.05) is 24.8 Å². The number of hydrogen-bond donors (Lipinski definition) is 1. The standard InChI is InChI=1S/C16H23N3O4S/c20-16(17-9-13-2-1-6-23-13)14-8-15(11-3-4-11)19(18-14)12-5-7-24(21,22)10-12/h8,11-13H,1-7,9-10H2,(H,17,20). The second-order valence-corrected chi connectivity index (χ2v) is 9.30. The van der Waals surface area contributed by atoms with E-state index in [1.807, 2.05) is 10.7 Å². The highest BCUT2D eigenvalue weighted by molar-refractivity contribution is 7.91. The summed E-state index contributed by atoms with van der Waals surface area (Å²) >= 11 is 0. The average molecular weight is 353 g/mol. The molecule has 1 amide bonds. The van der Waals surface area contributed by atoms with E-state index in [4.69, 9.17) is 4.74 Å². The Kier molecular flexibility index (Phi) is 4.12.